The SMILES string of the molecule is OC1CCCc2cn(Cc3ccc4c(c3)CCC4)cc21. The van der Waals surface area contributed by atoms with Crippen LogP contribution in [0.5, 0.6) is 0 Å². The van der Waals surface area contributed by atoms with Gasteiger partial charge in [-0.15, -0.1) is 0 Å². The Kier molecular flexibility index (Phi) is 2.92. The topological polar surface area (TPSA) is 25.2 Å². The molecule has 2 aliphatic rings. The summed E-state index contributed by atoms with van der Waals surface area (Å²) in [4.78, 5) is 0. The highest BCUT2D eigenvalue weighted by molar-refractivity contribution is 5.36. The summed E-state index contributed by atoms with van der Waals surface area (Å²) >= 11 is 0. The van der Waals surface area contributed by atoms with Gasteiger partial charge in [0.2, 0.25) is 0 Å². The molecular formula is C18H21NO. The molecule has 1 atom stereocenters. The number of aliphatic hydroxyl groups excluding tert-OH is 1. The van der Waals surface area contributed by atoms with Crippen LogP contribution in [0, 0.1) is 0 Å². The summed E-state index contributed by atoms with van der Waals surface area (Å²) in [6.45, 7) is 0.924. The predicted octanol–water partition coefficient (Wildman–Crippen LogP) is 3.39. The first kappa shape index (κ1) is 12.2. The number of rotatable bonds is 2. The highest BCUT2D eigenvalue weighted by Gasteiger charge is 2.20. The molecule has 104 valence electrons. The average Bonchev–Trinajstić information content (AvgIpc) is 3.05. The normalized spacial score (nSPS) is 20.8. The molecule has 20 heavy (non-hydrogen) atoms. The number of aromatic nitrogens is 1. The lowest BCUT2D eigenvalue weighted by atomic mass is 9.93. The van der Waals surface area contributed by atoms with E-state index in [2.05, 4.69) is 35.2 Å². The second-order valence-corrected chi connectivity index (χ2v) is 6.28. The minimum absolute atomic E-state index is 0.250. The van der Waals surface area contributed by atoms with E-state index in [1.807, 2.05) is 0 Å². The number of hydrogen-bond acceptors (Lipinski definition) is 1. The van der Waals surface area contributed by atoms with E-state index in [-0.39, 0.29) is 6.10 Å². The molecule has 2 heteroatoms. The molecule has 4 rings (SSSR count). The van der Waals surface area contributed by atoms with Gasteiger partial charge in [0, 0.05) is 24.5 Å². The van der Waals surface area contributed by atoms with Crippen LogP contribution in [0.15, 0.2) is 30.6 Å². The predicted molar refractivity (Wildman–Crippen MR) is 79.9 cm³/mol. The quantitative estimate of drug-likeness (QED) is 0.886. The van der Waals surface area contributed by atoms with Crippen LogP contribution in [0.1, 0.15) is 53.2 Å². The molecule has 0 radical (unpaired) electrons. The maximum Gasteiger partial charge on any atom is 0.0807 e. The fourth-order valence-corrected chi connectivity index (χ4v) is 3.75. The van der Waals surface area contributed by atoms with Crippen molar-refractivity contribution in [1.29, 1.82) is 0 Å². The molecule has 2 aliphatic carbocycles. The number of aryl methyl sites for hydroxylation is 3. The fraction of sp³-hybridized carbons (Fsp3) is 0.444. The lowest BCUT2D eigenvalue weighted by Gasteiger charge is -2.16. The van der Waals surface area contributed by atoms with Crippen molar-refractivity contribution in [3.63, 3.8) is 0 Å². The van der Waals surface area contributed by atoms with Crippen molar-refractivity contribution in [3.8, 4) is 0 Å². The van der Waals surface area contributed by atoms with E-state index < -0.39 is 0 Å². The number of benzene rings is 1. The minimum Gasteiger partial charge on any atom is -0.388 e. The standard InChI is InChI=1S/C18H21NO/c20-18-6-2-5-16-11-19(12-17(16)18)10-13-7-8-14-3-1-4-15(14)9-13/h7-9,11-12,18,20H,1-6,10H2. The van der Waals surface area contributed by atoms with Gasteiger partial charge in [-0.25, -0.2) is 0 Å². The van der Waals surface area contributed by atoms with E-state index in [0.29, 0.717) is 0 Å². The molecule has 0 saturated carbocycles. The summed E-state index contributed by atoms with van der Waals surface area (Å²) in [6.07, 6.45) is 11.1. The van der Waals surface area contributed by atoms with Gasteiger partial charge in [0.1, 0.15) is 0 Å². The third-order valence-corrected chi connectivity index (χ3v) is 4.81. The van der Waals surface area contributed by atoms with Gasteiger partial charge in [0.05, 0.1) is 6.10 Å². The Hall–Kier alpha value is -1.54. The maximum absolute atomic E-state index is 10.1. The van der Waals surface area contributed by atoms with E-state index in [9.17, 15) is 5.11 Å². The Morgan fingerprint density at radius 3 is 2.75 bits per heavy atom. The van der Waals surface area contributed by atoms with E-state index in [4.69, 9.17) is 0 Å². The Balaban J connectivity index is 1.60. The molecule has 1 aromatic carbocycles. The lowest BCUT2D eigenvalue weighted by Crippen LogP contribution is -2.05. The maximum atomic E-state index is 10.1. The van der Waals surface area contributed by atoms with Crippen molar-refractivity contribution in [2.75, 3.05) is 0 Å². The second kappa shape index (κ2) is 4.78. The first-order valence-electron chi connectivity index (χ1n) is 7.77. The summed E-state index contributed by atoms with van der Waals surface area (Å²) in [6, 6.07) is 6.94. The molecule has 0 aliphatic heterocycles. The molecule has 0 spiro atoms. The minimum atomic E-state index is -0.250. The van der Waals surface area contributed by atoms with Crippen LogP contribution in [-0.4, -0.2) is 9.67 Å². The van der Waals surface area contributed by atoms with Crippen molar-refractivity contribution in [2.24, 2.45) is 0 Å². The third-order valence-electron chi connectivity index (χ3n) is 4.81. The molecule has 2 nitrogen and oxygen atoms in total. The summed E-state index contributed by atoms with van der Waals surface area (Å²) in [7, 11) is 0. The van der Waals surface area contributed by atoms with Crippen LogP contribution in [-0.2, 0) is 25.8 Å². The van der Waals surface area contributed by atoms with Gasteiger partial charge in [-0.3, -0.25) is 0 Å². The van der Waals surface area contributed by atoms with Crippen molar-refractivity contribution in [2.45, 2.75) is 51.2 Å². The largest absolute Gasteiger partial charge is 0.388 e. The van der Waals surface area contributed by atoms with Crippen molar-refractivity contribution in [3.05, 3.63) is 58.4 Å². The van der Waals surface area contributed by atoms with Crippen LogP contribution < -0.4 is 0 Å². The zero-order chi connectivity index (χ0) is 13.5. The molecule has 1 heterocycles. The van der Waals surface area contributed by atoms with Crippen molar-refractivity contribution >= 4 is 0 Å². The Labute approximate surface area is 120 Å². The number of nitrogens with zero attached hydrogens (tertiary/aromatic N) is 1. The smallest absolute Gasteiger partial charge is 0.0807 e. The molecule has 0 saturated heterocycles. The Morgan fingerprint density at radius 1 is 1.00 bits per heavy atom. The van der Waals surface area contributed by atoms with Gasteiger partial charge in [0.25, 0.3) is 0 Å². The van der Waals surface area contributed by atoms with Crippen molar-refractivity contribution < 1.29 is 5.11 Å². The first-order chi connectivity index (χ1) is 9.79. The van der Waals surface area contributed by atoms with Gasteiger partial charge >= 0.3 is 0 Å². The molecule has 1 N–H and O–H groups in total. The Morgan fingerprint density at radius 2 is 1.85 bits per heavy atom. The number of fused-ring (bicyclic) bond motifs is 2. The van der Waals surface area contributed by atoms with Crippen LogP contribution in [0.4, 0.5) is 0 Å². The van der Waals surface area contributed by atoms with Gasteiger partial charge in [-0.1, -0.05) is 18.2 Å². The van der Waals surface area contributed by atoms with Crippen LogP contribution in [0.2, 0.25) is 0 Å². The molecule has 0 bridgehead atoms. The molecule has 0 fully saturated rings. The van der Waals surface area contributed by atoms with Crippen LogP contribution in [0.25, 0.3) is 0 Å². The summed E-state index contributed by atoms with van der Waals surface area (Å²) < 4.78 is 2.25. The highest BCUT2D eigenvalue weighted by Crippen LogP contribution is 2.30. The van der Waals surface area contributed by atoms with Gasteiger partial charge in [-0.2, -0.15) is 0 Å². The van der Waals surface area contributed by atoms with Crippen LogP contribution in [0.3, 0.4) is 0 Å². The second-order valence-electron chi connectivity index (χ2n) is 6.28. The van der Waals surface area contributed by atoms with Gasteiger partial charge < -0.3 is 9.67 Å². The Bertz CT molecular complexity index is 641. The van der Waals surface area contributed by atoms with E-state index in [1.54, 1.807) is 5.56 Å². The molecule has 1 unspecified atom stereocenters. The molecule has 1 aromatic heterocycles. The molecular weight excluding hydrogens is 246 g/mol. The van der Waals surface area contributed by atoms with Gasteiger partial charge in [-0.05, 0) is 60.8 Å². The van der Waals surface area contributed by atoms with Gasteiger partial charge in [0.15, 0.2) is 0 Å². The number of aliphatic hydroxyl groups is 1. The zero-order valence-corrected chi connectivity index (χ0v) is 11.8. The highest BCUT2D eigenvalue weighted by atomic mass is 16.3. The van der Waals surface area contributed by atoms with Crippen LogP contribution >= 0.6 is 0 Å². The van der Waals surface area contributed by atoms with E-state index in [1.165, 1.54) is 36.0 Å². The monoisotopic (exact) mass is 267 g/mol. The summed E-state index contributed by atoms with van der Waals surface area (Å²) in [5.74, 6) is 0. The molecule has 0 amide bonds. The zero-order valence-electron chi connectivity index (χ0n) is 11.8. The number of hydrogen-bond donors (Lipinski definition) is 1. The van der Waals surface area contributed by atoms with E-state index in [0.717, 1.165) is 31.4 Å². The summed E-state index contributed by atoms with van der Waals surface area (Å²) in [5.41, 5.74) is 6.95. The van der Waals surface area contributed by atoms with Crippen molar-refractivity contribution in [1.82, 2.24) is 4.57 Å². The summed E-state index contributed by atoms with van der Waals surface area (Å²) in [5, 5.41) is 10.1. The van der Waals surface area contributed by atoms with E-state index >= 15 is 0 Å². The molecule has 2 aromatic rings. The fourth-order valence-electron chi connectivity index (χ4n) is 3.75. The third kappa shape index (κ3) is 2.08. The lowest BCUT2D eigenvalue weighted by molar-refractivity contribution is 0.157. The average molecular weight is 267 g/mol. The first-order valence-corrected chi connectivity index (χ1v) is 7.77.